The molecule has 2 aromatic carbocycles. The first-order valence-corrected chi connectivity index (χ1v) is 9.84. The molecule has 0 saturated carbocycles. The van der Waals surface area contributed by atoms with Gasteiger partial charge in [-0.3, -0.25) is 4.31 Å². The lowest BCUT2D eigenvalue weighted by atomic mass is 10.1. The first-order chi connectivity index (χ1) is 11.7. The summed E-state index contributed by atoms with van der Waals surface area (Å²) in [5.41, 5.74) is 5.00. The van der Waals surface area contributed by atoms with Crippen LogP contribution < -0.4 is 14.9 Å². The number of rotatable bonds is 3. The molecule has 1 aliphatic rings. The van der Waals surface area contributed by atoms with Crippen LogP contribution in [-0.2, 0) is 16.4 Å². The zero-order valence-corrected chi connectivity index (χ0v) is 15.3. The number of aryl methyl sites for hydroxylation is 2. The highest BCUT2D eigenvalue weighted by molar-refractivity contribution is 7.92. The molecule has 0 radical (unpaired) electrons. The monoisotopic (exact) mass is 359 g/mol. The van der Waals surface area contributed by atoms with E-state index in [1.807, 2.05) is 38.1 Å². The Kier molecular flexibility index (Phi) is 4.43. The van der Waals surface area contributed by atoms with Crippen molar-refractivity contribution in [3.8, 4) is 0 Å². The molecule has 2 aromatic rings. The van der Waals surface area contributed by atoms with Gasteiger partial charge in [0, 0.05) is 17.9 Å². The maximum atomic E-state index is 12.2. The van der Waals surface area contributed by atoms with E-state index in [2.05, 4.69) is 10.6 Å². The number of amides is 2. The van der Waals surface area contributed by atoms with Crippen LogP contribution in [0.25, 0.3) is 0 Å². The number of hydrogen-bond acceptors (Lipinski definition) is 3. The van der Waals surface area contributed by atoms with Gasteiger partial charge in [0.2, 0.25) is 10.0 Å². The summed E-state index contributed by atoms with van der Waals surface area (Å²) in [6.07, 6.45) is 1.87. The van der Waals surface area contributed by atoms with Crippen LogP contribution in [0.1, 0.15) is 16.7 Å². The van der Waals surface area contributed by atoms with Crippen LogP contribution >= 0.6 is 0 Å². The third-order valence-corrected chi connectivity index (χ3v) is 5.26. The molecule has 0 unspecified atom stereocenters. The van der Waals surface area contributed by atoms with Crippen molar-refractivity contribution in [2.24, 2.45) is 0 Å². The van der Waals surface area contributed by atoms with Gasteiger partial charge in [0.15, 0.2) is 0 Å². The molecule has 1 heterocycles. The summed E-state index contributed by atoms with van der Waals surface area (Å²) in [6, 6.07) is 10.8. The quantitative estimate of drug-likeness (QED) is 0.883. The molecule has 0 aliphatic carbocycles. The van der Waals surface area contributed by atoms with Crippen molar-refractivity contribution in [2.75, 3.05) is 27.7 Å². The van der Waals surface area contributed by atoms with Crippen LogP contribution in [0.2, 0.25) is 0 Å². The first-order valence-electron chi connectivity index (χ1n) is 7.99. The highest BCUT2D eigenvalue weighted by atomic mass is 32.2. The molecule has 6 nitrogen and oxygen atoms in total. The molecule has 1 aliphatic heterocycles. The van der Waals surface area contributed by atoms with E-state index in [-0.39, 0.29) is 6.03 Å². The van der Waals surface area contributed by atoms with Gasteiger partial charge in [0.05, 0.1) is 11.9 Å². The second-order valence-electron chi connectivity index (χ2n) is 6.38. The fourth-order valence-corrected chi connectivity index (χ4v) is 4.06. The van der Waals surface area contributed by atoms with Gasteiger partial charge in [0.25, 0.3) is 0 Å². The van der Waals surface area contributed by atoms with Crippen molar-refractivity contribution in [2.45, 2.75) is 20.3 Å². The summed E-state index contributed by atoms with van der Waals surface area (Å²) in [4.78, 5) is 12.2. The largest absolute Gasteiger partial charge is 0.323 e. The third-order valence-electron chi connectivity index (χ3n) is 4.08. The topological polar surface area (TPSA) is 78.5 Å². The van der Waals surface area contributed by atoms with Crippen LogP contribution in [0.15, 0.2) is 36.4 Å². The minimum Gasteiger partial charge on any atom is -0.308 e. The summed E-state index contributed by atoms with van der Waals surface area (Å²) in [7, 11) is -3.31. The van der Waals surface area contributed by atoms with Crippen LogP contribution in [0.3, 0.4) is 0 Å². The number of nitrogens with zero attached hydrogens (tertiary/aromatic N) is 1. The minimum atomic E-state index is -3.31. The molecule has 0 bridgehead atoms. The predicted molar refractivity (Wildman–Crippen MR) is 101 cm³/mol. The van der Waals surface area contributed by atoms with Gasteiger partial charge in [-0.05, 0) is 61.2 Å². The Balaban J connectivity index is 1.76. The summed E-state index contributed by atoms with van der Waals surface area (Å²) in [5.74, 6) is 0. The van der Waals surface area contributed by atoms with E-state index in [0.717, 1.165) is 16.7 Å². The fraction of sp³-hybridized carbons (Fsp3) is 0.278. The summed E-state index contributed by atoms with van der Waals surface area (Å²) in [6.45, 7) is 4.37. The number of carbonyl (C=O) groups excluding carboxylic acids is 1. The second-order valence-corrected chi connectivity index (χ2v) is 8.29. The molecule has 132 valence electrons. The van der Waals surface area contributed by atoms with Gasteiger partial charge < -0.3 is 10.6 Å². The van der Waals surface area contributed by atoms with Crippen LogP contribution in [0.5, 0.6) is 0 Å². The smallest absolute Gasteiger partial charge is 0.308 e. The summed E-state index contributed by atoms with van der Waals surface area (Å²) >= 11 is 0. The number of nitrogens with one attached hydrogen (secondary N) is 2. The Labute approximate surface area is 147 Å². The van der Waals surface area contributed by atoms with Crippen LogP contribution in [0.4, 0.5) is 21.9 Å². The van der Waals surface area contributed by atoms with E-state index in [1.165, 1.54) is 10.6 Å². The summed E-state index contributed by atoms with van der Waals surface area (Å²) < 4.78 is 25.1. The Morgan fingerprint density at radius 3 is 2.28 bits per heavy atom. The molecule has 0 aromatic heterocycles. The molecular weight excluding hydrogens is 338 g/mol. The average molecular weight is 359 g/mol. The second kappa shape index (κ2) is 6.40. The van der Waals surface area contributed by atoms with Crippen molar-refractivity contribution in [1.29, 1.82) is 0 Å². The minimum absolute atomic E-state index is 0.367. The molecular formula is C18H21N3O3S. The van der Waals surface area contributed by atoms with Crippen LogP contribution in [0, 0.1) is 13.8 Å². The maximum absolute atomic E-state index is 12.2. The Bertz CT molecular complexity index is 918. The van der Waals surface area contributed by atoms with Gasteiger partial charge in [-0.25, -0.2) is 13.2 Å². The molecule has 0 atom stereocenters. The fourth-order valence-electron chi connectivity index (χ4n) is 3.11. The number of anilines is 3. The SMILES string of the molecule is Cc1cc(C)cc(NC(=O)Nc2ccc3c(c2)N(S(C)(=O)=O)CC3)c1. The van der Waals surface area contributed by atoms with Crippen molar-refractivity contribution < 1.29 is 13.2 Å². The molecule has 3 rings (SSSR count). The summed E-state index contributed by atoms with van der Waals surface area (Å²) in [5, 5.41) is 5.56. The highest BCUT2D eigenvalue weighted by Crippen LogP contribution is 2.32. The average Bonchev–Trinajstić information content (AvgIpc) is 2.88. The third kappa shape index (κ3) is 3.93. The van der Waals surface area contributed by atoms with E-state index in [9.17, 15) is 13.2 Å². The Morgan fingerprint density at radius 2 is 1.64 bits per heavy atom. The zero-order chi connectivity index (χ0) is 18.2. The molecule has 2 N–H and O–H groups in total. The number of urea groups is 1. The lowest BCUT2D eigenvalue weighted by Gasteiger charge is -2.17. The van der Waals surface area contributed by atoms with Crippen molar-refractivity contribution in [1.82, 2.24) is 0 Å². The van der Waals surface area contributed by atoms with E-state index in [1.54, 1.807) is 12.1 Å². The van der Waals surface area contributed by atoms with E-state index in [0.29, 0.717) is 30.0 Å². The normalized spacial score (nSPS) is 13.5. The number of sulfonamides is 1. The van der Waals surface area contributed by atoms with Gasteiger partial charge in [-0.15, -0.1) is 0 Å². The van der Waals surface area contributed by atoms with E-state index in [4.69, 9.17) is 0 Å². The Hall–Kier alpha value is -2.54. The van der Waals surface area contributed by atoms with Gasteiger partial charge in [0.1, 0.15) is 0 Å². The lowest BCUT2D eigenvalue weighted by molar-refractivity contribution is 0.262. The Morgan fingerprint density at radius 1 is 1.00 bits per heavy atom. The molecule has 2 amide bonds. The van der Waals surface area contributed by atoms with Gasteiger partial charge >= 0.3 is 6.03 Å². The lowest BCUT2D eigenvalue weighted by Crippen LogP contribution is -2.27. The predicted octanol–water partition coefficient (Wildman–Crippen LogP) is 3.27. The number of carbonyl (C=O) groups is 1. The maximum Gasteiger partial charge on any atom is 0.323 e. The number of hydrogen-bond donors (Lipinski definition) is 2. The molecule has 25 heavy (non-hydrogen) atoms. The van der Waals surface area contributed by atoms with E-state index >= 15 is 0 Å². The molecule has 0 fully saturated rings. The van der Waals surface area contributed by atoms with Crippen LogP contribution in [-0.4, -0.2) is 27.2 Å². The van der Waals surface area contributed by atoms with Crippen molar-refractivity contribution in [3.05, 3.63) is 53.1 Å². The number of benzene rings is 2. The first kappa shape index (κ1) is 17.3. The zero-order valence-electron chi connectivity index (χ0n) is 14.5. The van der Waals surface area contributed by atoms with Gasteiger partial charge in [-0.2, -0.15) is 0 Å². The van der Waals surface area contributed by atoms with Crippen molar-refractivity contribution >= 4 is 33.1 Å². The standard InChI is InChI=1S/C18H21N3O3S/c1-12-8-13(2)10-16(9-12)20-18(22)19-15-5-4-14-6-7-21(17(14)11-15)25(3,23)24/h4-5,8-11H,6-7H2,1-3H3,(H2,19,20,22). The van der Waals surface area contributed by atoms with Crippen molar-refractivity contribution in [3.63, 3.8) is 0 Å². The molecule has 0 saturated heterocycles. The highest BCUT2D eigenvalue weighted by Gasteiger charge is 2.26. The molecule has 7 heteroatoms. The van der Waals surface area contributed by atoms with E-state index < -0.39 is 10.0 Å². The number of fused-ring (bicyclic) bond motifs is 1. The molecule has 0 spiro atoms. The van der Waals surface area contributed by atoms with Gasteiger partial charge in [-0.1, -0.05) is 12.1 Å².